The number of thioether (sulfide) groups is 1. The van der Waals surface area contributed by atoms with Crippen LogP contribution < -0.4 is 5.73 Å². The van der Waals surface area contributed by atoms with Gasteiger partial charge in [-0.15, -0.1) is 11.8 Å². The highest BCUT2D eigenvalue weighted by molar-refractivity contribution is 7.99. The molecule has 0 aliphatic rings. The molecule has 21 heavy (non-hydrogen) atoms. The Labute approximate surface area is 128 Å². The lowest BCUT2D eigenvalue weighted by Crippen LogP contribution is -2.27. The molecule has 0 saturated heterocycles. The molecule has 1 heterocycles. The van der Waals surface area contributed by atoms with E-state index in [2.05, 4.69) is 4.98 Å². The Kier molecular flexibility index (Phi) is 6.24. The van der Waals surface area contributed by atoms with Gasteiger partial charge in [-0.25, -0.2) is 4.98 Å². The summed E-state index contributed by atoms with van der Waals surface area (Å²) in [5, 5.41) is 0.908. The maximum Gasteiger partial charge on any atom is 0.307 e. The third kappa shape index (κ3) is 5.97. The normalized spacial score (nSPS) is 11.9. The van der Waals surface area contributed by atoms with E-state index in [1.807, 2.05) is 48.5 Å². The minimum Gasteiger partial charge on any atom is -0.461 e. The molecule has 1 unspecified atom stereocenters. The summed E-state index contributed by atoms with van der Waals surface area (Å²) in [7, 11) is 0. The Morgan fingerprint density at radius 1 is 1.19 bits per heavy atom. The maximum absolute atomic E-state index is 11.7. The summed E-state index contributed by atoms with van der Waals surface area (Å²) >= 11 is 1.54. The number of nitrogens with zero attached hydrogens (tertiary/aromatic N) is 1. The SMILES string of the molecule is NC(CSc1ccccn1)CC(=O)OCc1ccccc1. The first-order valence-corrected chi connectivity index (χ1v) is 7.71. The average molecular weight is 302 g/mol. The second-order valence-electron chi connectivity index (χ2n) is 4.59. The summed E-state index contributed by atoms with van der Waals surface area (Å²) in [6.45, 7) is 0.291. The first-order chi connectivity index (χ1) is 10.2. The van der Waals surface area contributed by atoms with Crippen molar-refractivity contribution in [2.45, 2.75) is 24.1 Å². The van der Waals surface area contributed by atoms with Crippen LogP contribution >= 0.6 is 11.8 Å². The van der Waals surface area contributed by atoms with Crippen molar-refractivity contribution < 1.29 is 9.53 Å². The smallest absolute Gasteiger partial charge is 0.307 e. The number of aromatic nitrogens is 1. The van der Waals surface area contributed by atoms with Gasteiger partial charge in [0.05, 0.1) is 11.4 Å². The molecule has 4 nitrogen and oxygen atoms in total. The third-order valence-electron chi connectivity index (χ3n) is 2.75. The number of rotatable bonds is 7. The van der Waals surface area contributed by atoms with Crippen molar-refractivity contribution in [3.05, 3.63) is 60.3 Å². The number of benzene rings is 1. The van der Waals surface area contributed by atoms with Crippen LogP contribution in [0.5, 0.6) is 0 Å². The standard InChI is InChI=1S/C16H18N2O2S/c17-14(12-21-15-8-4-5-9-18-15)10-16(19)20-11-13-6-2-1-3-7-13/h1-9,14H,10-12,17H2. The van der Waals surface area contributed by atoms with Gasteiger partial charge in [0.2, 0.25) is 0 Å². The Morgan fingerprint density at radius 2 is 1.95 bits per heavy atom. The highest BCUT2D eigenvalue weighted by Crippen LogP contribution is 2.15. The third-order valence-corrected chi connectivity index (χ3v) is 3.89. The number of esters is 1. The second kappa shape index (κ2) is 8.44. The Bertz CT molecular complexity index is 549. The van der Waals surface area contributed by atoms with Crippen LogP contribution in [0.3, 0.4) is 0 Å². The van der Waals surface area contributed by atoms with Crippen molar-refractivity contribution in [1.82, 2.24) is 4.98 Å². The van der Waals surface area contributed by atoms with Gasteiger partial charge in [0.25, 0.3) is 0 Å². The molecule has 5 heteroatoms. The fourth-order valence-corrected chi connectivity index (χ4v) is 2.51. The molecular weight excluding hydrogens is 284 g/mol. The van der Waals surface area contributed by atoms with Crippen LogP contribution in [0.2, 0.25) is 0 Å². The number of ether oxygens (including phenoxy) is 1. The molecule has 110 valence electrons. The second-order valence-corrected chi connectivity index (χ2v) is 5.63. The van der Waals surface area contributed by atoms with E-state index in [1.165, 1.54) is 0 Å². The highest BCUT2D eigenvalue weighted by atomic mass is 32.2. The van der Waals surface area contributed by atoms with Crippen LogP contribution in [0.15, 0.2) is 59.8 Å². The summed E-state index contributed by atoms with van der Waals surface area (Å²) in [6, 6.07) is 15.1. The van der Waals surface area contributed by atoms with Gasteiger partial charge in [0, 0.05) is 18.0 Å². The molecule has 0 saturated carbocycles. The van der Waals surface area contributed by atoms with Gasteiger partial charge in [-0.1, -0.05) is 36.4 Å². The molecule has 0 fully saturated rings. The number of carbonyl (C=O) groups is 1. The quantitative estimate of drug-likeness (QED) is 0.629. The molecule has 2 aromatic rings. The first-order valence-electron chi connectivity index (χ1n) is 6.73. The maximum atomic E-state index is 11.7. The molecule has 2 N–H and O–H groups in total. The van der Waals surface area contributed by atoms with Gasteiger partial charge >= 0.3 is 5.97 Å². The van der Waals surface area contributed by atoms with Gasteiger partial charge in [-0.05, 0) is 17.7 Å². The zero-order valence-corrected chi connectivity index (χ0v) is 12.5. The first kappa shape index (κ1) is 15.5. The topological polar surface area (TPSA) is 65.2 Å². The minimum atomic E-state index is -0.270. The minimum absolute atomic E-state index is 0.215. The van der Waals surface area contributed by atoms with Crippen molar-refractivity contribution in [2.75, 3.05) is 5.75 Å². The van der Waals surface area contributed by atoms with E-state index < -0.39 is 0 Å². The molecule has 2 rings (SSSR count). The van der Waals surface area contributed by atoms with Gasteiger partial charge in [0.15, 0.2) is 0 Å². The fraction of sp³-hybridized carbons (Fsp3) is 0.250. The largest absolute Gasteiger partial charge is 0.461 e. The number of hydrogen-bond donors (Lipinski definition) is 1. The lowest BCUT2D eigenvalue weighted by atomic mass is 10.2. The van der Waals surface area contributed by atoms with E-state index in [9.17, 15) is 4.79 Å². The van der Waals surface area contributed by atoms with Gasteiger partial charge in [-0.3, -0.25) is 4.79 Å². The van der Waals surface area contributed by atoms with Crippen LogP contribution in [-0.2, 0) is 16.1 Å². The van der Waals surface area contributed by atoms with E-state index in [1.54, 1.807) is 18.0 Å². The molecule has 1 aromatic heterocycles. The van der Waals surface area contributed by atoms with E-state index >= 15 is 0 Å². The molecular formula is C16H18N2O2S. The Morgan fingerprint density at radius 3 is 2.67 bits per heavy atom. The van der Waals surface area contributed by atoms with Crippen molar-refractivity contribution in [2.24, 2.45) is 5.73 Å². The monoisotopic (exact) mass is 302 g/mol. The predicted octanol–water partition coefficient (Wildman–Crippen LogP) is 2.63. The molecule has 1 aromatic carbocycles. The number of nitrogens with two attached hydrogens (primary N) is 1. The van der Waals surface area contributed by atoms with Crippen molar-refractivity contribution in [1.29, 1.82) is 0 Å². The van der Waals surface area contributed by atoms with Crippen LogP contribution in [0.1, 0.15) is 12.0 Å². The zero-order chi connectivity index (χ0) is 14.9. The number of hydrogen-bond acceptors (Lipinski definition) is 5. The summed E-state index contributed by atoms with van der Waals surface area (Å²) in [6.07, 6.45) is 1.95. The number of pyridine rings is 1. The van der Waals surface area contributed by atoms with Gasteiger partial charge in [0.1, 0.15) is 6.61 Å². The van der Waals surface area contributed by atoms with Crippen LogP contribution in [0.4, 0.5) is 0 Å². The summed E-state index contributed by atoms with van der Waals surface area (Å²) in [5.74, 6) is 0.366. The van der Waals surface area contributed by atoms with E-state index in [4.69, 9.17) is 10.5 Å². The lowest BCUT2D eigenvalue weighted by molar-refractivity contribution is -0.145. The number of carbonyl (C=O) groups excluding carboxylic acids is 1. The molecule has 0 spiro atoms. The van der Waals surface area contributed by atoms with Crippen LogP contribution in [0.25, 0.3) is 0 Å². The van der Waals surface area contributed by atoms with E-state index in [0.29, 0.717) is 12.4 Å². The van der Waals surface area contributed by atoms with Crippen molar-refractivity contribution in [3.8, 4) is 0 Å². The molecule has 0 aliphatic carbocycles. The molecule has 0 aliphatic heterocycles. The van der Waals surface area contributed by atoms with Gasteiger partial charge < -0.3 is 10.5 Å². The zero-order valence-electron chi connectivity index (χ0n) is 11.6. The predicted molar refractivity (Wildman–Crippen MR) is 83.8 cm³/mol. The van der Waals surface area contributed by atoms with Crippen LogP contribution in [-0.4, -0.2) is 22.7 Å². The fourth-order valence-electron chi connectivity index (χ4n) is 1.69. The van der Waals surface area contributed by atoms with Crippen molar-refractivity contribution >= 4 is 17.7 Å². The summed E-state index contributed by atoms with van der Waals surface area (Å²) in [5.41, 5.74) is 6.92. The Hall–Kier alpha value is -1.85. The molecule has 0 bridgehead atoms. The lowest BCUT2D eigenvalue weighted by Gasteiger charge is -2.10. The molecule has 0 amide bonds. The molecule has 1 atom stereocenters. The van der Waals surface area contributed by atoms with E-state index in [-0.39, 0.29) is 18.4 Å². The highest BCUT2D eigenvalue weighted by Gasteiger charge is 2.11. The van der Waals surface area contributed by atoms with Gasteiger partial charge in [-0.2, -0.15) is 0 Å². The Balaban J connectivity index is 1.67. The van der Waals surface area contributed by atoms with E-state index in [0.717, 1.165) is 10.6 Å². The summed E-state index contributed by atoms with van der Waals surface area (Å²) in [4.78, 5) is 15.9. The summed E-state index contributed by atoms with van der Waals surface area (Å²) < 4.78 is 5.21. The van der Waals surface area contributed by atoms with Crippen LogP contribution in [0, 0.1) is 0 Å². The average Bonchev–Trinajstić information content (AvgIpc) is 2.53. The van der Waals surface area contributed by atoms with Crippen molar-refractivity contribution in [3.63, 3.8) is 0 Å². The molecule has 0 radical (unpaired) electrons.